The molecule has 0 radical (unpaired) electrons. The highest BCUT2D eigenvalue weighted by molar-refractivity contribution is 7.27. The fourth-order valence-electron chi connectivity index (χ4n) is 2.07. The van der Waals surface area contributed by atoms with Crippen molar-refractivity contribution in [3.05, 3.63) is 52.2 Å². The second-order valence-electron chi connectivity index (χ2n) is 4.28. The molecule has 0 amide bonds. The highest BCUT2D eigenvalue weighted by atomic mass is 32.1. The van der Waals surface area contributed by atoms with Crippen LogP contribution in [0.5, 0.6) is 5.75 Å². The standard InChI is InChI=1S/C15H15NOS2/c1-2-17-11-5-3-4-10(8-11)15(16)14-9-13-12(19-14)6-7-18-13/h3-9,15H,2,16H2,1H3. The molecule has 0 bridgehead atoms. The second-order valence-corrected chi connectivity index (χ2v) is 6.34. The Morgan fingerprint density at radius 1 is 1.21 bits per heavy atom. The number of ether oxygens (including phenoxy) is 1. The van der Waals surface area contributed by atoms with Crippen molar-refractivity contribution in [2.75, 3.05) is 6.61 Å². The van der Waals surface area contributed by atoms with E-state index in [1.54, 1.807) is 22.7 Å². The molecule has 0 aliphatic heterocycles. The first-order chi connectivity index (χ1) is 9.28. The van der Waals surface area contributed by atoms with Gasteiger partial charge >= 0.3 is 0 Å². The van der Waals surface area contributed by atoms with Gasteiger partial charge in [-0.15, -0.1) is 22.7 Å². The normalized spacial score (nSPS) is 12.7. The maximum atomic E-state index is 6.36. The maximum absolute atomic E-state index is 6.36. The average molecular weight is 289 g/mol. The summed E-state index contributed by atoms with van der Waals surface area (Å²) in [7, 11) is 0. The van der Waals surface area contributed by atoms with E-state index >= 15 is 0 Å². The van der Waals surface area contributed by atoms with Gasteiger partial charge in [0.1, 0.15) is 5.75 Å². The van der Waals surface area contributed by atoms with E-state index in [2.05, 4.69) is 23.6 Å². The van der Waals surface area contributed by atoms with Gasteiger partial charge in [-0.25, -0.2) is 0 Å². The maximum Gasteiger partial charge on any atom is 0.119 e. The van der Waals surface area contributed by atoms with Gasteiger partial charge in [-0.2, -0.15) is 0 Å². The van der Waals surface area contributed by atoms with E-state index in [0.29, 0.717) is 6.61 Å². The first-order valence-corrected chi connectivity index (χ1v) is 7.93. The fraction of sp³-hybridized carbons (Fsp3) is 0.200. The van der Waals surface area contributed by atoms with Crippen LogP contribution in [0.3, 0.4) is 0 Å². The summed E-state index contributed by atoms with van der Waals surface area (Å²) in [6.07, 6.45) is 0. The molecule has 98 valence electrons. The highest BCUT2D eigenvalue weighted by Crippen LogP contribution is 2.35. The van der Waals surface area contributed by atoms with Crippen LogP contribution in [0.25, 0.3) is 9.40 Å². The minimum absolute atomic E-state index is 0.0787. The lowest BCUT2D eigenvalue weighted by atomic mass is 10.1. The van der Waals surface area contributed by atoms with Gasteiger partial charge in [0.05, 0.1) is 12.6 Å². The van der Waals surface area contributed by atoms with Crippen molar-refractivity contribution in [1.29, 1.82) is 0 Å². The van der Waals surface area contributed by atoms with Crippen LogP contribution < -0.4 is 10.5 Å². The smallest absolute Gasteiger partial charge is 0.119 e. The number of benzene rings is 1. The molecule has 3 aromatic rings. The zero-order valence-electron chi connectivity index (χ0n) is 10.6. The van der Waals surface area contributed by atoms with Crippen molar-refractivity contribution in [2.45, 2.75) is 13.0 Å². The first kappa shape index (κ1) is 12.7. The van der Waals surface area contributed by atoms with E-state index in [9.17, 15) is 0 Å². The van der Waals surface area contributed by atoms with Gasteiger partial charge < -0.3 is 10.5 Å². The van der Waals surface area contributed by atoms with Crippen molar-refractivity contribution in [3.63, 3.8) is 0 Å². The van der Waals surface area contributed by atoms with E-state index < -0.39 is 0 Å². The van der Waals surface area contributed by atoms with Crippen molar-refractivity contribution in [1.82, 2.24) is 0 Å². The number of hydrogen-bond acceptors (Lipinski definition) is 4. The fourth-order valence-corrected chi connectivity index (χ4v) is 4.22. The Hall–Kier alpha value is -1.36. The van der Waals surface area contributed by atoms with Gasteiger partial charge in [-0.3, -0.25) is 0 Å². The minimum Gasteiger partial charge on any atom is -0.494 e. The number of rotatable bonds is 4. The molecule has 3 rings (SSSR count). The Bertz CT molecular complexity index is 658. The molecule has 2 N–H and O–H groups in total. The molecule has 0 fully saturated rings. The van der Waals surface area contributed by atoms with Crippen LogP contribution in [0.4, 0.5) is 0 Å². The molecule has 0 saturated heterocycles. The number of fused-ring (bicyclic) bond motifs is 1. The summed E-state index contributed by atoms with van der Waals surface area (Å²) in [5.41, 5.74) is 7.46. The van der Waals surface area contributed by atoms with Crippen molar-refractivity contribution in [2.24, 2.45) is 5.73 Å². The van der Waals surface area contributed by atoms with Crippen LogP contribution in [0, 0.1) is 0 Å². The molecule has 1 aromatic carbocycles. The molecule has 0 saturated carbocycles. The molecule has 19 heavy (non-hydrogen) atoms. The number of hydrogen-bond donors (Lipinski definition) is 1. The third-order valence-corrected chi connectivity index (χ3v) is 5.17. The van der Waals surface area contributed by atoms with Crippen LogP contribution in [0.1, 0.15) is 23.4 Å². The third kappa shape index (κ3) is 2.52. The van der Waals surface area contributed by atoms with Crippen LogP contribution in [-0.4, -0.2) is 6.61 Å². The van der Waals surface area contributed by atoms with Gasteiger partial charge in [-0.1, -0.05) is 12.1 Å². The zero-order valence-corrected chi connectivity index (χ0v) is 12.3. The molecule has 2 nitrogen and oxygen atoms in total. The lowest BCUT2D eigenvalue weighted by Crippen LogP contribution is -2.10. The SMILES string of the molecule is CCOc1cccc(C(N)c2cc3sccc3s2)c1. The van der Waals surface area contributed by atoms with Crippen molar-refractivity contribution < 1.29 is 4.74 Å². The Morgan fingerprint density at radius 3 is 2.89 bits per heavy atom. The quantitative estimate of drug-likeness (QED) is 0.772. The summed E-state index contributed by atoms with van der Waals surface area (Å²) in [4.78, 5) is 1.20. The van der Waals surface area contributed by atoms with Gasteiger partial charge in [-0.05, 0) is 42.1 Å². The predicted molar refractivity (Wildman–Crippen MR) is 83.3 cm³/mol. The molecule has 2 aromatic heterocycles. The molecule has 1 atom stereocenters. The minimum atomic E-state index is -0.0787. The monoisotopic (exact) mass is 289 g/mol. The predicted octanol–water partition coefficient (Wildman–Crippen LogP) is 4.41. The van der Waals surface area contributed by atoms with E-state index in [1.165, 1.54) is 14.3 Å². The van der Waals surface area contributed by atoms with Crippen LogP contribution in [-0.2, 0) is 0 Å². The summed E-state index contributed by atoms with van der Waals surface area (Å²) < 4.78 is 8.16. The Balaban J connectivity index is 1.92. The van der Waals surface area contributed by atoms with Crippen molar-refractivity contribution in [3.8, 4) is 5.75 Å². The number of nitrogens with two attached hydrogens (primary N) is 1. The Kier molecular flexibility index (Phi) is 3.55. The largest absolute Gasteiger partial charge is 0.494 e. The van der Waals surface area contributed by atoms with E-state index in [-0.39, 0.29) is 6.04 Å². The summed E-state index contributed by atoms with van der Waals surface area (Å²) >= 11 is 3.53. The first-order valence-electron chi connectivity index (χ1n) is 6.23. The zero-order chi connectivity index (χ0) is 13.2. The molecular formula is C15H15NOS2. The summed E-state index contributed by atoms with van der Waals surface area (Å²) in [6.45, 7) is 2.66. The van der Waals surface area contributed by atoms with Gasteiger partial charge in [0.2, 0.25) is 0 Å². The van der Waals surface area contributed by atoms with Gasteiger partial charge in [0.25, 0.3) is 0 Å². The van der Waals surface area contributed by atoms with E-state index in [4.69, 9.17) is 10.5 Å². The molecule has 1 unspecified atom stereocenters. The van der Waals surface area contributed by atoms with Crippen LogP contribution in [0.15, 0.2) is 41.8 Å². The van der Waals surface area contributed by atoms with E-state index in [1.807, 2.05) is 25.1 Å². The molecular weight excluding hydrogens is 274 g/mol. The lowest BCUT2D eigenvalue weighted by molar-refractivity contribution is 0.340. The van der Waals surface area contributed by atoms with Crippen molar-refractivity contribution >= 4 is 32.1 Å². The molecule has 0 aliphatic rings. The summed E-state index contributed by atoms with van der Waals surface area (Å²) in [5.74, 6) is 0.883. The lowest BCUT2D eigenvalue weighted by Gasteiger charge is -2.11. The molecule has 4 heteroatoms. The Morgan fingerprint density at radius 2 is 2.11 bits per heavy atom. The number of thiophene rings is 2. The van der Waals surface area contributed by atoms with Gasteiger partial charge in [0, 0.05) is 14.3 Å². The second kappa shape index (κ2) is 5.33. The average Bonchev–Trinajstić information content (AvgIpc) is 2.99. The summed E-state index contributed by atoms with van der Waals surface area (Å²) in [5, 5.41) is 2.12. The van der Waals surface area contributed by atoms with Crippen LogP contribution in [0.2, 0.25) is 0 Å². The summed E-state index contributed by atoms with van der Waals surface area (Å²) in [6, 6.07) is 12.3. The molecule has 2 heterocycles. The Labute approximate surface area is 120 Å². The van der Waals surface area contributed by atoms with Crippen LogP contribution >= 0.6 is 22.7 Å². The van der Waals surface area contributed by atoms with E-state index in [0.717, 1.165) is 11.3 Å². The third-order valence-electron chi connectivity index (χ3n) is 2.99. The molecule has 0 aliphatic carbocycles. The highest BCUT2D eigenvalue weighted by Gasteiger charge is 2.13. The van der Waals surface area contributed by atoms with Gasteiger partial charge in [0.15, 0.2) is 0 Å². The molecule has 0 spiro atoms. The topological polar surface area (TPSA) is 35.2 Å².